The Labute approximate surface area is 247 Å². The number of nitrogens with one attached hydrogen (secondary N) is 2. The number of carboxylic acid groups (broad SMARTS) is 1. The van der Waals surface area contributed by atoms with Crippen molar-refractivity contribution >= 4 is 34.6 Å². The molecule has 16 heteroatoms. The smallest absolute Gasteiger partial charge is 0.471 e. The van der Waals surface area contributed by atoms with Gasteiger partial charge in [0, 0.05) is 11.3 Å². The third-order valence-electron chi connectivity index (χ3n) is 6.14. The maximum absolute atomic E-state index is 13.5. The fraction of sp³-hybridized carbons (Fsp3) is 0.250. The molecule has 1 atom stereocenters. The first-order valence-corrected chi connectivity index (χ1v) is 12.9. The molecule has 2 aromatic heterocycles. The number of anilines is 1. The number of alkyl halides is 3. The normalized spacial score (nSPS) is 12.9. The predicted octanol–water partition coefficient (Wildman–Crippen LogP) is 2.80. The van der Waals surface area contributed by atoms with Crippen LogP contribution in [0.2, 0.25) is 0 Å². The van der Waals surface area contributed by atoms with Gasteiger partial charge >= 0.3 is 18.1 Å². The fourth-order valence-corrected chi connectivity index (χ4v) is 3.81. The quantitative estimate of drug-likeness (QED) is 0.149. The number of rotatable bonds is 12. The number of H-pyrrole nitrogens is 1. The third-order valence-corrected chi connectivity index (χ3v) is 6.14. The topological polar surface area (TPSA) is 204 Å². The average Bonchev–Trinajstić information content (AvgIpc) is 2.99. The van der Waals surface area contributed by atoms with Crippen LogP contribution in [0.3, 0.4) is 0 Å². The van der Waals surface area contributed by atoms with Gasteiger partial charge in [-0.25, -0.2) is 19.7 Å². The zero-order valence-electron chi connectivity index (χ0n) is 23.3. The molecule has 3 rings (SSSR count). The fourth-order valence-electron chi connectivity index (χ4n) is 3.81. The molecule has 2 heterocycles. The summed E-state index contributed by atoms with van der Waals surface area (Å²) in [5.74, 6) is -4.31. The van der Waals surface area contributed by atoms with Gasteiger partial charge in [0.05, 0.1) is 25.0 Å². The number of fused-ring (bicyclic) bond motifs is 1. The highest BCUT2D eigenvalue weighted by molar-refractivity contribution is 5.99. The van der Waals surface area contributed by atoms with Crippen molar-refractivity contribution in [2.75, 3.05) is 4.90 Å². The lowest BCUT2D eigenvalue weighted by Crippen LogP contribution is -2.41. The van der Waals surface area contributed by atoms with Crippen molar-refractivity contribution in [3.05, 3.63) is 94.0 Å². The molecule has 44 heavy (non-hydrogen) atoms. The van der Waals surface area contributed by atoms with Gasteiger partial charge in [-0.15, -0.1) is 0 Å². The van der Waals surface area contributed by atoms with E-state index in [2.05, 4.69) is 31.8 Å². The highest BCUT2D eigenvalue weighted by Crippen LogP contribution is 2.26. The van der Waals surface area contributed by atoms with E-state index in [-0.39, 0.29) is 59.1 Å². The second-order valence-electron chi connectivity index (χ2n) is 9.40. The number of benzene rings is 1. The molecule has 0 saturated heterocycles. The second kappa shape index (κ2) is 14.2. The van der Waals surface area contributed by atoms with E-state index in [0.29, 0.717) is 4.90 Å². The van der Waals surface area contributed by atoms with Gasteiger partial charge in [-0.05, 0) is 56.2 Å². The lowest BCUT2D eigenvalue weighted by atomic mass is 10.1. The number of nitrogens with zero attached hydrogens (tertiary/aromatic N) is 4. The molecular weight excluding hydrogens is 587 g/mol. The van der Waals surface area contributed by atoms with Crippen LogP contribution in [0.15, 0.2) is 71.4 Å². The molecule has 0 radical (unpaired) electrons. The molecule has 0 aliphatic rings. The summed E-state index contributed by atoms with van der Waals surface area (Å²) in [6, 6.07) is 3.12. The van der Waals surface area contributed by atoms with Crippen molar-refractivity contribution in [3.63, 3.8) is 0 Å². The molecule has 0 fully saturated rings. The molecule has 0 saturated carbocycles. The minimum absolute atomic E-state index is 0.0106. The van der Waals surface area contributed by atoms with E-state index in [4.69, 9.17) is 5.73 Å². The van der Waals surface area contributed by atoms with Crippen LogP contribution in [0, 0.1) is 0 Å². The summed E-state index contributed by atoms with van der Waals surface area (Å²) in [4.78, 5) is 63.8. The predicted molar refractivity (Wildman–Crippen MR) is 152 cm³/mol. The molecular formula is C28H28F3N7O6. The minimum atomic E-state index is -5.28. The minimum Gasteiger partial charge on any atom is -0.508 e. The lowest BCUT2D eigenvalue weighted by Gasteiger charge is -2.24. The summed E-state index contributed by atoms with van der Waals surface area (Å²) < 4.78 is 40.5. The number of carbonyl (C=O) groups excluding carboxylic acids is 2. The van der Waals surface area contributed by atoms with Crippen molar-refractivity contribution in [1.29, 1.82) is 0 Å². The van der Waals surface area contributed by atoms with Gasteiger partial charge in [0.25, 0.3) is 11.5 Å². The summed E-state index contributed by atoms with van der Waals surface area (Å²) in [7, 11) is 0. The molecule has 0 aliphatic carbocycles. The number of aromatic amines is 1. The summed E-state index contributed by atoms with van der Waals surface area (Å²) in [6.07, 6.45) is 0.234. The second-order valence-corrected chi connectivity index (χ2v) is 9.40. The van der Waals surface area contributed by atoms with Gasteiger partial charge < -0.3 is 26.2 Å². The number of aliphatic hydroxyl groups is 1. The summed E-state index contributed by atoms with van der Waals surface area (Å²) >= 11 is 0. The number of halogens is 3. The Balaban J connectivity index is 1.81. The Morgan fingerprint density at radius 2 is 1.84 bits per heavy atom. The van der Waals surface area contributed by atoms with Crippen LogP contribution in [0.5, 0.6) is 0 Å². The SMILES string of the molecule is C=C/C(O)=C\C=C(/C)CC[C@H](NC(=O)c1ccc(N(Cc2cnc3nc(CN)[nH]c(=O)c3n2)C(=O)C(F)(F)F)cc1)C(=O)O. The summed E-state index contributed by atoms with van der Waals surface area (Å²) in [6.45, 7) is 4.28. The molecule has 2 amide bonds. The maximum atomic E-state index is 13.5. The van der Waals surface area contributed by atoms with Gasteiger partial charge in [-0.2, -0.15) is 13.2 Å². The number of amides is 2. The first-order valence-electron chi connectivity index (χ1n) is 12.9. The highest BCUT2D eigenvalue weighted by atomic mass is 19.4. The molecule has 232 valence electrons. The molecule has 6 N–H and O–H groups in total. The standard InChI is InChI=1S/C28H28F3N7O6/c1-3-19(39)10-4-15(2)5-11-20(26(42)43)35-24(40)16-6-8-18(9-7-16)38(27(44)28(29,30)31)14-17-13-33-23-22(34-17)25(41)37-21(12-32)36-23/h3-4,6-10,13,20,39H,1,5,11-12,14,32H2,2H3,(H,35,40)(H,42,43)(H,33,36,37,41)/b15-4+,19-10+/t20-/m0/s1. The third kappa shape index (κ3) is 8.57. The van der Waals surface area contributed by atoms with Gasteiger partial charge in [0.2, 0.25) is 0 Å². The summed E-state index contributed by atoms with van der Waals surface area (Å²) in [5.41, 5.74) is 4.61. The molecule has 3 aromatic rings. The number of carboxylic acids is 1. The number of carbonyl (C=O) groups is 3. The zero-order chi connectivity index (χ0) is 32.6. The number of hydrogen-bond acceptors (Lipinski definition) is 9. The molecule has 0 spiro atoms. The van der Waals surface area contributed by atoms with Crippen LogP contribution in [0.1, 0.15) is 41.6 Å². The van der Waals surface area contributed by atoms with E-state index in [1.165, 1.54) is 12.2 Å². The molecule has 0 bridgehead atoms. The van der Waals surface area contributed by atoms with Crippen LogP contribution in [0.4, 0.5) is 18.9 Å². The Kier molecular flexibility index (Phi) is 10.7. The van der Waals surface area contributed by atoms with Crippen molar-refractivity contribution in [1.82, 2.24) is 25.3 Å². The zero-order valence-corrected chi connectivity index (χ0v) is 23.3. The number of aromatic nitrogens is 4. The number of allylic oxidation sites excluding steroid dienone is 4. The highest BCUT2D eigenvalue weighted by Gasteiger charge is 2.43. The average molecular weight is 616 g/mol. The van der Waals surface area contributed by atoms with Gasteiger partial charge in [-0.1, -0.05) is 18.2 Å². The molecule has 13 nitrogen and oxygen atoms in total. The van der Waals surface area contributed by atoms with Crippen LogP contribution in [-0.2, 0) is 22.7 Å². The lowest BCUT2D eigenvalue weighted by molar-refractivity contribution is -0.170. The van der Waals surface area contributed by atoms with Gasteiger partial charge in [-0.3, -0.25) is 19.3 Å². The van der Waals surface area contributed by atoms with E-state index in [0.717, 1.165) is 36.0 Å². The van der Waals surface area contributed by atoms with Gasteiger partial charge in [0.1, 0.15) is 17.6 Å². The number of hydrogen-bond donors (Lipinski definition) is 5. The van der Waals surface area contributed by atoms with E-state index in [9.17, 15) is 42.6 Å². The molecule has 0 unspecified atom stereocenters. The monoisotopic (exact) mass is 615 g/mol. The van der Waals surface area contributed by atoms with Crippen molar-refractivity contribution < 1.29 is 37.8 Å². The van der Waals surface area contributed by atoms with Crippen molar-refractivity contribution in [2.24, 2.45) is 5.73 Å². The molecule has 1 aromatic carbocycles. The van der Waals surface area contributed by atoms with Crippen LogP contribution in [-0.4, -0.2) is 60.2 Å². The van der Waals surface area contributed by atoms with Gasteiger partial charge in [0.15, 0.2) is 11.2 Å². The Hall–Kier alpha value is -5.38. The number of aliphatic hydroxyl groups excluding tert-OH is 1. The van der Waals surface area contributed by atoms with Crippen molar-refractivity contribution in [3.8, 4) is 0 Å². The first-order chi connectivity index (χ1) is 20.7. The van der Waals surface area contributed by atoms with Crippen LogP contribution in [0.25, 0.3) is 11.2 Å². The van der Waals surface area contributed by atoms with E-state index < -0.39 is 42.1 Å². The van der Waals surface area contributed by atoms with Crippen LogP contribution < -0.4 is 21.5 Å². The summed E-state index contributed by atoms with van der Waals surface area (Å²) in [5, 5.41) is 21.3. The number of aliphatic carboxylic acids is 1. The van der Waals surface area contributed by atoms with E-state index in [1.807, 2.05) is 0 Å². The van der Waals surface area contributed by atoms with E-state index in [1.54, 1.807) is 13.0 Å². The Bertz CT molecular complexity index is 1680. The van der Waals surface area contributed by atoms with Crippen LogP contribution >= 0.6 is 0 Å². The Morgan fingerprint density at radius 1 is 1.16 bits per heavy atom. The molecule has 0 aliphatic heterocycles. The van der Waals surface area contributed by atoms with Crippen molar-refractivity contribution in [2.45, 2.75) is 45.1 Å². The first kappa shape index (κ1) is 33.1. The Morgan fingerprint density at radius 3 is 2.43 bits per heavy atom. The largest absolute Gasteiger partial charge is 0.508 e. The van der Waals surface area contributed by atoms with E-state index >= 15 is 0 Å². The number of nitrogens with two attached hydrogens (primary N) is 1. The maximum Gasteiger partial charge on any atom is 0.471 e.